The third kappa shape index (κ3) is 2.88. The molecule has 1 aliphatic carbocycles. The Kier molecular flexibility index (Phi) is 3.52. The Labute approximate surface area is 105 Å². The van der Waals surface area contributed by atoms with E-state index >= 15 is 0 Å². The minimum absolute atomic E-state index is 0.00194. The predicted octanol–water partition coefficient (Wildman–Crippen LogP) is 3.16. The number of nitro benzene ring substituents is 1. The Bertz CT molecular complexity index is 432. The van der Waals surface area contributed by atoms with Crippen molar-refractivity contribution in [3.8, 4) is 5.75 Å². The van der Waals surface area contributed by atoms with Crippen LogP contribution in [0.15, 0.2) is 18.2 Å². The first-order valence-electron chi connectivity index (χ1n) is 5.57. The molecule has 1 atom stereocenters. The number of hydrogen-bond donors (Lipinski definition) is 0. The summed E-state index contributed by atoms with van der Waals surface area (Å²) in [5, 5.41) is 11.0. The van der Waals surface area contributed by atoms with Gasteiger partial charge in [-0.05, 0) is 37.3 Å². The van der Waals surface area contributed by atoms with Gasteiger partial charge in [-0.15, -0.1) is 11.6 Å². The molecule has 1 saturated carbocycles. The number of nitro groups is 1. The van der Waals surface area contributed by atoms with Crippen molar-refractivity contribution in [2.75, 3.05) is 7.11 Å². The second-order valence-electron chi connectivity index (χ2n) is 4.31. The van der Waals surface area contributed by atoms with Crippen LogP contribution in [0.5, 0.6) is 5.75 Å². The largest absolute Gasteiger partial charge is 0.497 e. The van der Waals surface area contributed by atoms with Crippen molar-refractivity contribution in [2.24, 2.45) is 5.92 Å². The van der Waals surface area contributed by atoms with Crippen LogP contribution in [-0.4, -0.2) is 17.4 Å². The molecule has 1 aromatic rings. The molecule has 5 heteroatoms. The van der Waals surface area contributed by atoms with Gasteiger partial charge in [0, 0.05) is 10.9 Å². The fourth-order valence-corrected chi connectivity index (χ4v) is 2.27. The van der Waals surface area contributed by atoms with Gasteiger partial charge < -0.3 is 4.74 Å². The van der Waals surface area contributed by atoms with Crippen molar-refractivity contribution >= 4 is 17.3 Å². The van der Waals surface area contributed by atoms with Gasteiger partial charge in [-0.2, -0.15) is 0 Å². The van der Waals surface area contributed by atoms with Crippen LogP contribution >= 0.6 is 11.6 Å². The van der Waals surface area contributed by atoms with Crippen LogP contribution in [0.25, 0.3) is 0 Å². The topological polar surface area (TPSA) is 52.4 Å². The number of alkyl halides is 1. The molecule has 0 bridgehead atoms. The van der Waals surface area contributed by atoms with Gasteiger partial charge in [0.15, 0.2) is 0 Å². The van der Waals surface area contributed by atoms with Crippen LogP contribution in [0.1, 0.15) is 18.4 Å². The minimum atomic E-state index is -0.381. The van der Waals surface area contributed by atoms with E-state index in [1.807, 2.05) is 0 Å². The van der Waals surface area contributed by atoms with E-state index in [4.69, 9.17) is 16.3 Å². The van der Waals surface area contributed by atoms with E-state index < -0.39 is 0 Å². The summed E-state index contributed by atoms with van der Waals surface area (Å²) in [6, 6.07) is 4.92. The second kappa shape index (κ2) is 4.92. The Morgan fingerprint density at radius 2 is 2.29 bits per heavy atom. The number of halogens is 1. The van der Waals surface area contributed by atoms with Crippen LogP contribution in [0, 0.1) is 16.0 Å². The molecule has 2 rings (SSSR count). The van der Waals surface area contributed by atoms with Crippen molar-refractivity contribution in [1.82, 2.24) is 0 Å². The lowest BCUT2D eigenvalue weighted by molar-refractivity contribution is -0.385. The molecule has 0 spiro atoms. The molecule has 0 amide bonds. The molecular weight excluding hydrogens is 242 g/mol. The lowest BCUT2D eigenvalue weighted by Gasteiger charge is -2.09. The highest BCUT2D eigenvalue weighted by Gasteiger charge is 2.31. The van der Waals surface area contributed by atoms with Crippen LogP contribution in [0.3, 0.4) is 0 Å². The van der Waals surface area contributed by atoms with E-state index in [1.165, 1.54) is 13.2 Å². The van der Waals surface area contributed by atoms with Gasteiger partial charge >= 0.3 is 0 Å². The summed E-state index contributed by atoms with van der Waals surface area (Å²) in [5.41, 5.74) is 0.776. The molecule has 0 heterocycles. The van der Waals surface area contributed by atoms with Crippen molar-refractivity contribution < 1.29 is 9.66 Å². The van der Waals surface area contributed by atoms with Gasteiger partial charge in [-0.25, -0.2) is 0 Å². The summed E-state index contributed by atoms with van der Waals surface area (Å²) in [5.74, 6) is 1.02. The van der Waals surface area contributed by atoms with Crippen LogP contribution in [-0.2, 0) is 6.42 Å². The molecule has 17 heavy (non-hydrogen) atoms. The lowest BCUT2D eigenvalue weighted by atomic mass is 10.0. The van der Waals surface area contributed by atoms with Crippen LogP contribution in [0.2, 0.25) is 0 Å². The van der Waals surface area contributed by atoms with E-state index in [0.717, 1.165) is 12.8 Å². The highest BCUT2D eigenvalue weighted by atomic mass is 35.5. The maximum Gasteiger partial charge on any atom is 0.276 e. The zero-order chi connectivity index (χ0) is 12.4. The molecule has 0 saturated heterocycles. The summed E-state index contributed by atoms with van der Waals surface area (Å²) in [4.78, 5) is 10.6. The van der Waals surface area contributed by atoms with Gasteiger partial charge in [-0.3, -0.25) is 10.1 Å². The quantitative estimate of drug-likeness (QED) is 0.461. The summed E-state index contributed by atoms with van der Waals surface area (Å²) < 4.78 is 4.99. The maximum absolute atomic E-state index is 11.0. The third-order valence-electron chi connectivity index (χ3n) is 3.04. The second-order valence-corrected chi connectivity index (χ2v) is 4.87. The molecule has 0 aliphatic heterocycles. The first kappa shape index (κ1) is 12.2. The Morgan fingerprint density at radius 3 is 2.82 bits per heavy atom. The van der Waals surface area contributed by atoms with Crippen molar-refractivity contribution in [3.63, 3.8) is 0 Å². The molecule has 1 fully saturated rings. The Hall–Kier alpha value is -1.29. The summed E-state index contributed by atoms with van der Waals surface area (Å²) >= 11 is 6.21. The van der Waals surface area contributed by atoms with Crippen LogP contribution in [0.4, 0.5) is 5.69 Å². The zero-order valence-corrected chi connectivity index (χ0v) is 10.3. The maximum atomic E-state index is 11.0. The molecule has 0 N–H and O–H groups in total. The number of rotatable bonds is 5. The van der Waals surface area contributed by atoms with Crippen molar-refractivity contribution in [3.05, 3.63) is 33.9 Å². The minimum Gasteiger partial charge on any atom is -0.497 e. The molecule has 0 aromatic heterocycles. The molecular formula is C12H14ClNO3. The number of benzene rings is 1. The fraction of sp³-hybridized carbons (Fsp3) is 0.500. The van der Waals surface area contributed by atoms with E-state index in [1.54, 1.807) is 12.1 Å². The monoisotopic (exact) mass is 255 g/mol. The van der Waals surface area contributed by atoms with Gasteiger partial charge in [-0.1, -0.05) is 0 Å². The van der Waals surface area contributed by atoms with Crippen molar-refractivity contribution in [1.29, 1.82) is 0 Å². The lowest BCUT2D eigenvalue weighted by Crippen LogP contribution is -2.07. The molecule has 4 nitrogen and oxygen atoms in total. The highest BCUT2D eigenvalue weighted by Crippen LogP contribution is 2.38. The molecule has 1 aromatic carbocycles. The highest BCUT2D eigenvalue weighted by molar-refractivity contribution is 6.21. The molecule has 1 aliphatic rings. The molecule has 0 radical (unpaired) electrons. The summed E-state index contributed by atoms with van der Waals surface area (Å²) in [6.45, 7) is 0. The first-order chi connectivity index (χ1) is 8.11. The fourth-order valence-electron chi connectivity index (χ4n) is 1.85. The number of ether oxygens (including phenoxy) is 1. The average molecular weight is 256 g/mol. The van der Waals surface area contributed by atoms with E-state index in [0.29, 0.717) is 23.7 Å². The number of hydrogen-bond acceptors (Lipinski definition) is 3. The summed E-state index contributed by atoms with van der Waals surface area (Å²) in [7, 11) is 1.49. The van der Waals surface area contributed by atoms with Crippen LogP contribution < -0.4 is 4.74 Å². The van der Waals surface area contributed by atoms with Gasteiger partial charge in [0.05, 0.1) is 18.1 Å². The Morgan fingerprint density at radius 1 is 1.59 bits per heavy atom. The van der Waals surface area contributed by atoms with E-state index in [9.17, 15) is 10.1 Å². The van der Waals surface area contributed by atoms with Crippen molar-refractivity contribution in [2.45, 2.75) is 24.6 Å². The number of methoxy groups -OCH3 is 1. The zero-order valence-electron chi connectivity index (χ0n) is 9.56. The first-order valence-corrected chi connectivity index (χ1v) is 6.01. The van der Waals surface area contributed by atoms with E-state index in [2.05, 4.69) is 0 Å². The van der Waals surface area contributed by atoms with E-state index in [-0.39, 0.29) is 16.0 Å². The van der Waals surface area contributed by atoms with Gasteiger partial charge in [0.1, 0.15) is 5.75 Å². The SMILES string of the molecule is COc1ccc(CC(Cl)C2CC2)c([N+](=O)[O-])c1. The third-order valence-corrected chi connectivity index (χ3v) is 3.55. The standard InChI is InChI=1S/C12H14ClNO3/c1-17-10-5-4-9(12(7-10)14(15)16)6-11(13)8-2-3-8/h4-5,7-8,11H,2-3,6H2,1H3. The Balaban J connectivity index is 2.22. The smallest absolute Gasteiger partial charge is 0.276 e. The predicted molar refractivity (Wildman–Crippen MR) is 65.7 cm³/mol. The average Bonchev–Trinajstić information content (AvgIpc) is 3.13. The summed E-state index contributed by atoms with van der Waals surface area (Å²) in [6.07, 6.45) is 2.82. The van der Waals surface area contributed by atoms with Gasteiger partial charge in [0.2, 0.25) is 0 Å². The van der Waals surface area contributed by atoms with Gasteiger partial charge in [0.25, 0.3) is 5.69 Å². The number of nitrogens with zero attached hydrogens (tertiary/aromatic N) is 1. The normalized spacial score (nSPS) is 16.6. The molecule has 92 valence electrons. The molecule has 1 unspecified atom stereocenters.